The quantitative estimate of drug-likeness (QED) is 0.746. The summed E-state index contributed by atoms with van der Waals surface area (Å²) in [5.74, 6) is 0.843. The molecule has 0 atom stereocenters. The van der Waals surface area contributed by atoms with Gasteiger partial charge in [0, 0.05) is 28.0 Å². The minimum Gasteiger partial charge on any atom is -0.488 e. The van der Waals surface area contributed by atoms with Gasteiger partial charge in [-0.15, -0.1) is 11.3 Å². The van der Waals surface area contributed by atoms with Crippen molar-refractivity contribution >= 4 is 38.9 Å². The lowest BCUT2D eigenvalue weighted by Gasteiger charge is -2.14. The molecule has 0 aliphatic carbocycles. The molecule has 0 spiro atoms. The van der Waals surface area contributed by atoms with E-state index in [9.17, 15) is 0 Å². The number of rotatable bonds is 6. The summed E-state index contributed by atoms with van der Waals surface area (Å²) in [7, 11) is 0. The highest BCUT2D eigenvalue weighted by molar-refractivity contribution is 9.11. The first-order valence-electron chi connectivity index (χ1n) is 6.44. The van der Waals surface area contributed by atoms with Crippen molar-refractivity contribution in [3.63, 3.8) is 0 Å². The molecule has 1 aromatic carbocycles. The molecule has 2 nitrogen and oxygen atoms in total. The van der Waals surface area contributed by atoms with Gasteiger partial charge in [-0.1, -0.05) is 31.5 Å². The van der Waals surface area contributed by atoms with Gasteiger partial charge in [0.25, 0.3) is 0 Å². The van der Waals surface area contributed by atoms with Crippen molar-refractivity contribution in [1.29, 1.82) is 0 Å². The Morgan fingerprint density at radius 1 is 1.30 bits per heavy atom. The Labute approximate surface area is 137 Å². The number of hydrogen-bond acceptors (Lipinski definition) is 3. The second-order valence-corrected chi connectivity index (χ2v) is 7.70. The summed E-state index contributed by atoms with van der Waals surface area (Å²) in [6.45, 7) is 5.49. The van der Waals surface area contributed by atoms with E-state index in [0.29, 0.717) is 19.2 Å². The van der Waals surface area contributed by atoms with Gasteiger partial charge in [-0.25, -0.2) is 0 Å². The van der Waals surface area contributed by atoms with Gasteiger partial charge in [0.1, 0.15) is 12.4 Å². The van der Waals surface area contributed by atoms with Gasteiger partial charge in [-0.3, -0.25) is 0 Å². The van der Waals surface area contributed by atoms with Crippen LogP contribution in [-0.2, 0) is 13.2 Å². The average molecular weight is 375 g/mol. The number of benzene rings is 1. The molecule has 1 aromatic heterocycles. The fourth-order valence-electron chi connectivity index (χ4n) is 1.73. The average Bonchev–Trinajstić information content (AvgIpc) is 2.81. The summed E-state index contributed by atoms with van der Waals surface area (Å²) >= 11 is 11.4. The van der Waals surface area contributed by atoms with Crippen molar-refractivity contribution in [1.82, 2.24) is 5.32 Å². The second-order valence-electron chi connectivity index (χ2n) is 4.75. The number of ether oxygens (including phenoxy) is 1. The van der Waals surface area contributed by atoms with Crippen LogP contribution >= 0.6 is 38.9 Å². The van der Waals surface area contributed by atoms with Crippen LogP contribution in [0.2, 0.25) is 5.02 Å². The maximum absolute atomic E-state index is 6.27. The maximum Gasteiger partial charge on any atom is 0.125 e. The van der Waals surface area contributed by atoms with Gasteiger partial charge < -0.3 is 10.1 Å². The van der Waals surface area contributed by atoms with E-state index in [0.717, 1.165) is 20.1 Å². The van der Waals surface area contributed by atoms with E-state index in [-0.39, 0.29) is 0 Å². The molecule has 0 saturated heterocycles. The Balaban J connectivity index is 2.08. The molecule has 2 rings (SSSR count). The lowest BCUT2D eigenvalue weighted by Crippen LogP contribution is -2.22. The first kappa shape index (κ1) is 15.8. The Hall–Kier alpha value is -0.550. The summed E-state index contributed by atoms with van der Waals surface area (Å²) in [6, 6.07) is 10.3. The molecule has 0 unspecified atom stereocenters. The van der Waals surface area contributed by atoms with E-state index < -0.39 is 0 Å². The molecule has 1 N–H and O–H groups in total. The van der Waals surface area contributed by atoms with Crippen LogP contribution in [0.1, 0.15) is 24.3 Å². The zero-order chi connectivity index (χ0) is 14.5. The normalized spacial score (nSPS) is 11.1. The number of hydrogen-bond donors (Lipinski definition) is 1. The monoisotopic (exact) mass is 373 g/mol. The van der Waals surface area contributed by atoms with Crippen LogP contribution in [0.25, 0.3) is 0 Å². The lowest BCUT2D eigenvalue weighted by molar-refractivity contribution is 0.305. The Morgan fingerprint density at radius 3 is 2.75 bits per heavy atom. The summed E-state index contributed by atoms with van der Waals surface area (Å²) < 4.78 is 7.03. The molecule has 0 aliphatic rings. The number of thiophene rings is 1. The van der Waals surface area contributed by atoms with Crippen LogP contribution < -0.4 is 10.1 Å². The third-order valence-corrected chi connectivity index (χ3v) is 4.71. The van der Waals surface area contributed by atoms with E-state index in [4.69, 9.17) is 16.3 Å². The fraction of sp³-hybridized carbons (Fsp3) is 0.333. The highest BCUT2D eigenvalue weighted by atomic mass is 79.9. The van der Waals surface area contributed by atoms with Crippen LogP contribution in [0.15, 0.2) is 34.1 Å². The van der Waals surface area contributed by atoms with Crippen molar-refractivity contribution in [2.45, 2.75) is 33.0 Å². The first-order chi connectivity index (χ1) is 9.56. The van der Waals surface area contributed by atoms with Gasteiger partial charge in [0.2, 0.25) is 0 Å². The van der Waals surface area contributed by atoms with E-state index in [1.807, 2.05) is 24.3 Å². The van der Waals surface area contributed by atoms with Gasteiger partial charge in [-0.05, 0) is 40.2 Å². The van der Waals surface area contributed by atoms with Crippen molar-refractivity contribution in [2.75, 3.05) is 0 Å². The van der Waals surface area contributed by atoms with Gasteiger partial charge >= 0.3 is 0 Å². The van der Waals surface area contributed by atoms with E-state index in [1.165, 1.54) is 4.88 Å². The molecule has 108 valence electrons. The van der Waals surface area contributed by atoms with Gasteiger partial charge in [-0.2, -0.15) is 0 Å². The largest absolute Gasteiger partial charge is 0.488 e. The molecule has 0 saturated carbocycles. The van der Waals surface area contributed by atoms with E-state index >= 15 is 0 Å². The molecule has 1 heterocycles. The predicted molar refractivity (Wildman–Crippen MR) is 89.8 cm³/mol. The van der Waals surface area contributed by atoms with E-state index in [2.05, 4.69) is 41.2 Å². The molecule has 0 aliphatic heterocycles. The third-order valence-electron chi connectivity index (χ3n) is 2.76. The summed E-state index contributed by atoms with van der Waals surface area (Å²) in [6.07, 6.45) is 0. The van der Waals surface area contributed by atoms with Crippen LogP contribution in [-0.4, -0.2) is 6.04 Å². The highest BCUT2D eigenvalue weighted by Gasteiger charge is 2.09. The Bertz CT molecular complexity index is 571. The molecule has 2 aromatic rings. The molecule has 0 radical (unpaired) electrons. The lowest BCUT2D eigenvalue weighted by atomic mass is 10.2. The predicted octanol–water partition coefficient (Wildman–Crippen LogP) is 5.24. The topological polar surface area (TPSA) is 21.3 Å². The van der Waals surface area contributed by atoms with Crippen LogP contribution in [0, 0.1) is 0 Å². The molecular weight excluding hydrogens is 358 g/mol. The van der Waals surface area contributed by atoms with Gasteiger partial charge in [0.15, 0.2) is 0 Å². The highest BCUT2D eigenvalue weighted by Crippen LogP contribution is 2.29. The minimum atomic E-state index is 0.410. The Kier molecular flexibility index (Phi) is 5.90. The third kappa shape index (κ3) is 4.48. The van der Waals surface area contributed by atoms with Crippen molar-refractivity contribution in [3.05, 3.63) is 49.6 Å². The number of nitrogens with one attached hydrogen (secondary N) is 1. The smallest absolute Gasteiger partial charge is 0.125 e. The van der Waals surface area contributed by atoms with Crippen LogP contribution in [0.4, 0.5) is 0 Å². The standard InChI is InChI=1S/C15H17BrClNOS/c1-10(2)18-8-12-13(17)4-3-5-14(12)19-9-11-6-7-15(16)20-11/h3-7,10,18H,8-9H2,1-2H3. The summed E-state index contributed by atoms with van der Waals surface area (Å²) in [5, 5.41) is 4.11. The molecule has 0 bridgehead atoms. The SMILES string of the molecule is CC(C)NCc1c(Cl)cccc1OCc1ccc(Br)s1. The zero-order valence-corrected chi connectivity index (χ0v) is 14.6. The maximum atomic E-state index is 6.27. The van der Waals surface area contributed by atoms with Crippen LogP contribution in [0.5, 0.6) is 5.75 Å². The van der Waals surface area contributed by atoms with Crippen LogP contribution in [0.3, 0.4) is 0 Å². The molecule has 20 heavy (non-hydrogen) atoms. The number of halogens is 2. The van der Waals surface area contributed by atoms with Gasteiger partial charge in [0.05, 0.1) is 3.79 Å². The summed E-state index contributed by atoms with van der Waals surface area (Å²) in [4.78, 5) is 1.18. The zero-order valence-electron chi connectivity index (χ0n) is 11.5. The molecule has 0 fully saturated rings. The minimum absolute atomic E-state index is 0.410. The Morgan fingerprint density at radius 2 is 2.10 bits per heavy atom. The first-order valence-corrected chi connectivity index (χ1v) is 8.43. The van der Waals surface area contributed by atoms with Crippen molar-refractivity contribution in [2.24, 2.45) is 0 Å². The molecule has 5 heteroatoms. The fourth-order valence-corrected chi connectivity index (χ4v) is 3.36. The molecular formula is C15H17BrClNOS. The second kappa shape index (κ2) is 7.46. The van der Waals surface area contributed by atoms with Crippen molar-refractivity contribution in [3.8, 4) is 5.75 Å². The molecule has 0 amide bonds. The summed E-state index contributed by atoms with van der Waals surface area (Å²) in [5.41, 5.74) is 1.01. The van der Waals surface area contributed by atoms with Crippen molar-refractivity contribution < 1.29 is 4.74 Å². The van der Waals surface area contributed by atoms with E-state index in [1.54, 1.807) is 11.3 Å².